The van der Waals surface area contributed by atoms with Crippen LogP contribution in [-0.2, 0) is 5.41 Å². The Morgan fingerprint density at radius 3 is 2.39 bits per heavy atom. The Kier molecular flexibility index (Phi) is 2.59. The second-order valence-corrected chi connectivity index (χ2v) is 7.82. The molecule has 0 saturated heterocycles. The minimum atomic E-state index is 0.0627. The van der Waals surface area contributed by atoms with Crippen molar-refractivity contribution in [2.24, 2.45) is 0 Å². The lowest BCUT2D eigenvalue weighted by atomic mass is 9.82. The molecule has 0 radical (unpaired) electrons. The molecule has 1 aromatic heterocycles. The SMILES string of the molecule is CC1(C)c2ccccc2-c2c1ccc1c3ccccc3n(I)c21. The van der Waals surface area contributed by atoms with E-state index in [1.165, 1.54) is 44.1 Å². The van der Waals surface area contributed by atoms with Crippen LogP contribution in [0.5, 0.6) is 0 Å². The highest BCUT2D eigenvalue weighted by Crippen LogP contribution is 2.52. The van der Waals surface area contributed by atoms with E-state index in [0.717, 1.165) is 0 Å². The van der Waals surface area contributed by atoms with Crippen molar-refractivity contribution in [3.8, 4) is 11.1 Å². The summed E-state index contributed by atoms with van der Waals surface area (Å²) in [6.45, 7) is 4.67. The van der Waals surface area contributed by atoms with Crippen LogP contribution >= 0.6 is 22.9 Å². The minimum absolute atomic E-state index is 0.0627. The molecule has 0 atom stereocenters. The second kappa shape index (κ2) is 4.38. The molecule has 1 heterocycles. The van der Waals surface area contributed by atoms with Gasteiger partial charge in [0.15, 0.2) is 0 Å². The number of hydrogen-bond acceptors (Lipinski definition) is 0. The number of aromatic nitrogens is 1. The predicted molar refractivity (Wildman–Crippen MR) is 106 cm³/mol. The molecule has 0 N–H and O–H groups in total. The summed E-state index contributed by atoms with van der Waals surface area (Å²) in [6, 6.07) is 22.2. The summed E-state index contributed by atoms with van der Waals surface area (Å²) in [7, 11) is 0. The largest absolute Gasteiger partial charge is 0.281 e. The number of benzene rings is 3. The highest BCUT2D eigenvalue weighted by atomic mass is 127. The molecule has 1 aliphatic carbocycles. The molecule has 0 saturated carbocycles. The Hall–Kier alpha value is -1.81. The maximum absolute atomic E-state index is 2.45. The monoisotopic (exact) mass is 409 g/mol. The van der Waals surface area contributed by atoms with E-state index in [1.54, 1.807) is 0 Å². The highest BCUT2D eigenvalue weighted by Gasteiger charge is 2.37. The van der Waals surface area contributed by atoms with Crippen molar-refractivity contribution < 1.29 is 0 Å². The van der Waals surface area contributed by atoms with Crippen molar-refractivity contribution in [1.29, 1.82) is 0 Å². The minimum Gasteiger partial charge on any atom is -0.281 e. The molecule has 0 bridgehead atoms. The van der Waals surface area contributed by atoms with Crippen LogP contribution in [0, 0.1) is 0 Å². The quantitative estimate of drug-likeness (QED) is 0.301. The fraction of sp³-hybridized carbons (Fsp3) is 0.143. The van der Waals surface area contributed by atoms with Crippen molar-refractivity contribution in [1.82, 2.24) is 2.78 Å². The summed E-state index contributed by atoms with van der Waals surface area (Å²) in [6.07, 6.45) is 0. The van der Waals surface area contributed by atoms with Gasteiger partial charge >= 0.3 is 0 Å². The van der Waals surface area contributed by atoms with E-state index in [-0.39, 0.29) is 5.41 Å². The number of nitrogens with zero attached hydrogens (tertiary/aromatic N) is 1. The Morgan fingerprint density at radius 1 is 0.783 bits per heavy atom. The van der Waals surface area contributed by atoms with Crippen LogP contribution in [0.1, 0.15) is 25.0 Å². The first kappa shape index (κ1) is 13.6. The lowest BCUT2D eigenvalue weighted by Crippen LogP contribution is -2.14. The van der Waals surface area contributed by atoms with Gasteiger partial charge in [0.25, 0.3) is 0 Å². The summed E-state index contributed by atoms with van der Waals surface area (Å²) in [5.41, 5.74) is 8.37. The van der Waals surface area contributed by atoms with Gasteiger partial charge in [0.1, 0.15) is 0 Å². The Balaban J connectivity index is 2.06. The van der Waals surface area contributed by atoms with Gasteiger partial charge < -0.3 is 0 Å². The lowest BCUT2D eigenvalue weighted by Gasteiger charge is -2.21. The molecule has 0 amide bonds. The number of para-hydroxylation sites is 1. The first-order valence-corrected chi connectivity index (χ1v) is 8.90. The third kappa shape index (κ3) is 1.57. The van der Waals surface area contributed by atoms with E-state index in [2.05, 4.69) is 100 Å². The fourth-order valence-electron chi connectivity index (χ4n) is 4.19. The van der Waals surface area contributed by atoms with Gasteiger partial charge in [0.2, 0.25) is 0 Å². The molecule has 0 aliphatic heterocycles. The van der Waals surface area contributed by atoms with Crippen LogP contribution < -0.4 is 0 Å². The Bertz CT molecular complexity index is 1100. The van der Waals surface area contributed by atoms with Crippen LogP contribution in [0.3, 0.4) is 0 Å². The van der Waals surface area contributed by atoms with Crippen LogP contribution in [-0.4, -0.2) is 2.78 Å². The summed E-state index contributed by atoms with van der Waals surface area (Å²) < 4.78 is 2.33. The van der Waals surface area contributed by atoms with Gasteiger partial charge in [-0.25, -0.2) is 0 Å². The van der Waals surface area contributed by atoms with Gasteiger partial charge in [-0.15, -0.1) is 0 Å². The molecule has 4 aromatic rings. The molecule has 5 rings (SSSR count). The van der Waals surface area contributed by atoms with E-state index in [9.17, 15) is 0 Å². The van der Waals surface area contributed by atoms with Crippen molar-refractivity contribution in [2.45, 2.75) is 19.3 Å². The topological polar surface area (TPSA) is 4.93 Å². The van der Waals surface area contributed by atoms with Crippen LogP contribution in [0.4, 0.5) is 0 Å². The summed E-state index contributed by atoms with van der Waals surface area (Å²) in [5.74, 6) is 0. The van der Waals surface area contributed by atoms with Crippen molar-refractivity contribution in [3.63, 3.8) is 0 Å². The number of fused-ring (bicyclic) bond motifs is 7. The molecule has 112 valence electrons. The fourth-order valence-corrected chi connectivity index (χ4v) is 5.11. The van der Waals surface area contributed by atoms with Gasteiger partial charge in [-0.2, -0.15) is 0 Å². The van der Waals surface area contributed by atoms with Crippen LogP contribution in [0.15, 0.2) is 60.7 Å². The molecule has 1 aliphatic rings. The zero-order chi connectivity index (χ0) is 15.8. The summed E-state index contributed by atoms with van der Waals surface area (Å²) in [5, 5.41) is 2.68. The summed E-state index contributed by atoms with van der Waals surface area (Å²) in [4.78, 5) is 0. The summed E-state index contributed by atoms with van der Waals surface area (Å²) >= 11 is 2.45. The molecular weight excluding hydrogens is 393 g/mol. The molecule has 2 heteroatoms. The molecule has 23 heavy (non-hydrogen) atoms. The standard InChI is InChI=1S/C21H16IN/c1-21(2)16-9-5-3-8-15(16)19-17(21)12-11-14-13-7-4-6-10-18(13)23(22)20(14)19/h3-12H,1-2H3. The van der Waals surface area contributed by atoms with Gasteiger partial charge in [0.05, 0.1) is 33.9 Å². The molecular formula is C21H16IN. The Labute approximate surface area is 149 Å². The first-order chi connectivity index (χ1) is 11.1. The maximum Gasteiger partial charge on any atom is 0.0671 e. The highest BCUT2D eigenvalue weighted by molar-refractivity contribution is 14.1. The van der Waals surface area contributed by atoms with Gasteiger partial charge in [0, 0.05) is 21.8 Å². The number of halogens is 1. The normalized spacial score (nSPS) is 15.1. The van der Waals surface area contributed by atoms with Crippen LogP contribution in [0.25, 0.3) is 32.9 Å². The maximum atomic E-state index is 2.45. The zero-order valence-corrected chi connectivity index (χ0v) is 15.3. The molecule has 0 fully saturated rings. The van der Waals surface area contributed by atoms with E-state index < -0.39 is 0 Å². The third-order valence-corrected chi connectivity index (χ3v) is 6.33. The van der Waals surface area contributed by atoms with E-state index in [0.29, 0.717) is 0 Å². The van der Waals surface area contributed by atoms with E-state index in [1.807, 2.05) is 0 Å². The van der Waals surface area contributed by atoms with Gasteiger partial charge in [-0.3, -0.25) is 2.78 Å². The van der Waals surface area contributed by atoms with E-state index >= 15 is 0 Å². The van der Waals surface area contributed by atoms with Crippen molar-refractivity contribution in [2.75, 3.05) is 0 Å². The Morgan fingerprint density at radius 2 is 1.52 bits per heavy atom. The van der Waals surface area contributed by atoms with E-state index in [4.69, 9.17) is 0 Å². The average Bonchev–Trinajstić information content (AvgIpc) is 2.99. The number of hydrogen-bond donors (Lipinski definition) is 0. The molecule has 0 unspecified atom stereocenters. The van der Waals surface area contributed by atoms with Crippen molar-refractivity contribution in [3.05, 3.63) is 71.8 Å². The zero-order valence-electron chi connectivity index (χ0n) is 13.1. The average molecular weight is 409 g/mol. The van der Waals surface area contributed by atoms with Crippen LogP contribution in [0.2, 0.25) is 0 Å². The smallest absolute Gasteiger partial charge is 0.0671 e. The first-order valence-electron chi connectivity index (χ1n) is 7.93. The van der Waals surface area contributed by atoms with Gasteiger partial charge in [-0.1, -0.05) is 68.4 Å². The van der Waals surface area contributed by atoms with Crippen molar-refractivity contribution >= 4 is 44.7 Å². The molecule has 0 spiro atoms. The second-order valence-electron chi connectivity index (χ2n) is 6.85. The third-order valence-electron chi connectivity index (χ3n) is 5.32. The number of rotatable bonds is 0. The predicted octanol–water partition coefficient (Wildman–Crippen LogP) is 6.30. The molecule has 3 aromatic carbocycles. The molecule has 1 nitrogen and oxygen atoms in total. The lowest BCUT2D eigenvalue weighted by molar-refractivity contribution is 0.661. The van der Waals surface area contributed by atoms with Gasteiger partial charge in [-0.05, 0) is 22.8 Å².